The summed E-state index contributed by atoms with van der Waals surface area (Å²) in [5.74, 6) is 0. The zero-order chi connectivity index (χ0) is 25.4. The van der Waals surface area contributed by atoms with Crippen molar-refractivity contribution >= 4 is 23.5 Å². The first-order valence-electron chi connectivity index (χ1n) is 12.4. The third-order valence-corrected chi connectivity index (χ3v) is 9.31. The molecule has 0 fully saturated rings. The van der Waals surface area contributed by atoms with E-state index in [2.05, 4.69) is 121 Å². The molecule has 0 nitrogen and oxygen atoms in total. The van der Waals surface area contributed by atoms with E-state index in [4.69, 9.17) is 0 Å². The minimum atomic E-state index is 0.0298. The van der Waals surface area contributed by atoms with Crippen molar-refractivity contribution in [3.8, 4) is 0 Å². The van der Waals surface area contributed by atoms with E-state index in [0.29, 0.717) is 0 Å². The van der Waals surface area contributed by atoms with E-state index in [-0.39, 0.29) is 25.7 Å². The van der Waals surface area contributed by atoms with E-state index in [1.165, 1.54) is 32.0 Å². The molecule has 0 radical (unpaired) electrons. The number of hydrogen-bond acceptors (Lipinski definition) is 2. The van der Waals surface area contributed by atoms with Crippen molar-refractivity contribution in [1.29, 1.82) is 0 Å². The number of hydrogen-bond donors (Lipinski definition) is 0. The summed E-state index contributed by atoms with van der Waals surface area (Å²) in [6.45, 7) is 32.9. The molecular formula is C31H46S2. The molecule has 33 heavy (non-hydrogen) atoms. The molecule has 0 bridgehead atoms. The molecule has 2 aromatic rings. The third-order valence-electron chi connectivity index (χ3n) is 6.88. The SMILES string of the molecule is Cc1c(C(C)(C)C)cc(SC(C)(C)Sc2cc(C(C)(C)C)c3c(c2)C3(C)C)cc1C(C)(C)C. The highest BCUT2D eigenvalue weighted by Crippen LogP contribution is 2.57. The molecule has 1 aliphatic rings. The molecule has 0 atom stereocenters. The Morgan fingerprint density at radius 2 is 0.939 bits per heavy atom. The van der Waals surface area contributed by atoms with Gasteiger partial charge in [0.2, 0.25) is 0 Å². The maximum absolute atomic E-state index is 2.47. The maximum Gasteiger partial charge on any atom is 0.0649 e. The minimum Gasteiger partial charge on any atom is -0.109 e. The zero-order valence-corrected chi connectivity index (χ0v) is 25.3. The highest BCUT2D eigenvalue weighted by molar-refractivity contribution is 8.18. The lowest BCUT2D eigenvalue weighted by Crippen LogP contribution is -2.20. The van der Waals surface area contributed by atoms with Crippen LogP contribution in [0.3, 0.4) is 0 Å². The lowest BCUT2D eigenvalue weighted by atomic mass is 9.77. The molecule has 2 heteroatoms. The van der Waals surface area contributed by atoms with E-state index in [0.717, 1.165) is 0 Å². The van der Waals surface area contributed by atoms with Gasteiger partial charge in [-0.05, 0) is 94.7 Å². The summed E-state index contributed by atoms with van der Waals surface area (Å²) in [5, 5.41) is 0. The van der Waals surface area contributed by atoms with Crippen LogP contribution >= 0.6 is 23.5 Å². The standard InChI is InChI=1S/C31H46S2/c1-19-22(27(2,3)4)15-20(16-23(19)28(5,6)7)32-31(13,14)33-21-17-24(29(8,9)10)26-25(18-21)30(26,11)12/h15-18H,1-14H3. The summed E-state index contributed by atoms with van der Waals surface area (Å²) in [5.41, 5.74) is 9.71. The van der Waals surface area contributed by atoms with Gasteiger partial charge in [-0.2, -0.15) is 0 Å². The highest BCUT2D eigenvalue weighted by atomic mass is 32.2. The highest BCUT2D eigenvalue weighted by Gasteiger charge is 2.46. The predicted molar refractivity (Wildman–Crippen MR) is 152 cm³/mol. The smallest absolute Gasteiger partial charge is 0.0649 e. The Bertz CT molecular complexity index is 1030. The number of thioether (sulfide) groups is 2. The quantitative estimate of drug-likeness (QED) is 0.314. The summed E-state index contributed by atoms with van der Waals surface area (Å²) in [4.78, 5) is 2.79. The number of rotatable bonds is 4. The van der Waals surface area contributed by atoms with Gasteiger partial charge in [0.15, 0.2) is 0 Å². The summed E-state index contributed by atoms with van der Waals surface area (Å²) in [6, 6.07) is 9.83. The second-order valence-corrected chi connectivity index (χ2v) is 17.7. The normalized spacial score (nSPS) is 16.1. The third kappa shape index (κ3) is 5.53. The molecule has 0 saturated heterocycles. The summed E-state index contributed by atoms with van der Waals surface area (Å²) < 4.78 is 0.0298. The van der Waals surface area contributed by atoms with Crippen LogP contribution in [0.4, 0.5) is 0 Å². The summed E-state index contributed by atoms with van der Waals surface area (Å²) in [7, 11) is 0. The van der Waals surface area contributed by atoms with E-state index >= 15 is 0 Å². The Labute approximate surface area is 213 Å². The van der Waals surface area contributed by atoms with Gasteiger partial charge in [-0.3, -0.25) is 0 Å². The first kappa shape index (κ1) is 26.7. The Kier molecular flexibility index (Phi) is 6.55. The van der Waals surface area contributed by atoms with Crippen LogP contribution in [0.5, 0.6) is 0 Å². The van der Waals surface area contributed by atoms with Crippen molar-refractivity contribution in [2.24, 2.45) is 0 Å². The first-order chi connectivity index (χ1) is 14.6. The van der Waals surface area contributed by atoms with Gasteiger partial charge in [0.25, 0.3) is 0 Å². The van der Waals surface area contributed by atoms with Crippen LogP contribution in [-0.2, 0) is 21.7 Å². The molecule has 0 heterocycles. The molecule has 0 aromatic heterocycles. The van der Waals surface area contributed by atoms with Crippen LogP contribution in [0.1, 0.15) is 123 Å². The summed E-state index contributed by atoms with van der Waals surface area (Å²) in [6.07, 6.45) is 0. The first-order valence-corrected chi connectivity index (χ1v) is 14.0. The molecule has 0 N–H and O–H groups in total. The predicted octanol–water partition coefficient (Wildman–Crippen LogP) is 10.1. The van der Waals surface area contributed by atoms with Crippen LogP contribution in [0.2, 0.25) is 0 Å². The van der Waals surface area contributed by atoms with Gasteiger partial charge in [0.05, 0.1) is 4.08 Å². The average molecular weight is 483 g/mol. The van der Waals surface area contributed by atoms with E-state index in [9.17, 15) is 0 Å². The van der Waals surface area contributed by atoms with Gasteiger partial charge < -0.3 is 0 Å². The van der Waals surface area contributed by atoms with Crippen molar-refractivity contribution in [1.82, 2.24) is 0 Å². The molecule has 0 saturated carbocycles. The van der Waals surface area contributed by atoms with E-state index in [1.807, 2.05) is 23.5 Å². The Balaban J connectivity index is 1.98. The fourth-order valence-corrected chi connectivity index (χ4v) is 7.76. The van der Waals surface area contributed by atoms with Gasteiger partial charge in [0.1, 0.15) is 0 Å². The summed E-state index contributed by atoms with van der Waals surface area (Å²) >= 11 is 4.02. The molecule has 0 spiro atoms. The van der Waals surface area contributed by atoms with Crippen LogP contribution in [0.15, 0.2) is 34.1 Å². The monoisotopic (exact) mass is 482 g/mol. The Hall–Kier alpha value is -0.860. The van der Waals surface area contributed by atoms with Gasteiger partial charge in [-0.25, -0.2) is 0 Å². The molecule has 0 unspecified atom stereocenters. The number of benzene rings is 2. The lowest BCUT2D eigenvalue weighted by molar-refractivity contribution is 0.558. The maximum atomic E-state index is 2.47. The van der Waals surface area contributed by atoms with Crippen molar-refractivity contribution in [3.05, 3.63) is 57.6 Å². The van der Waals surface area contributed by atoms with Crippen LogP contribution in [0, 0.1) is 6.92 Å². The van der Waals surface area contributed by atoms with Crippen molar-refractivity contribution in [3.63, 3.8) is 0 Å². The second kappa shape index (κ2) is 8.09. The van der Waals surface area contributed by atoms with Crippen molar-refractivity contribution in [2.75, 3.05) is 0 Å². The van der Waals surface area contributed by atoms with Gasteiger partial charge in [-0.15, -0.1) is 23.5 Å². The van der Waals surface area contributed by atoms with Gasteiger partial charge >= 0.3 is 0 Å². The molecule has 0 aliphatic heterocycles. The number of fused-ring (bicyclic) bond motifs is 1. The fraction of sp³-hybridized carbons (Fsp3) is 0.613. The molecule has 0 amide bonds. The Morgan fingerprint density at radius 3 is 1.33 bits per heavy atom. The largest absolute Gasteiger partial charge is 0.109 e. The zero-order valence-electron chi connectivity index (χ0n) is 23.6. The molecule has 3 rings (SSSR count). The molecular weight excluding hydrogens is 436 g/mol. The van der Waals surface area contributed by atoms with Crippen LogP contribution in [0.25, 0.3) is 0 Å². The van der Waals surface area contributed by atoms with Gasteiger partial charge in [0, 0.05) is 15.2 Å². The topological polar surface area (TPSA) is 0 Å². The van der Waals surface area contributed by atoms with Crippen LogP contribution < -0.4 is 0 Å². The van der Waals surface area contributed by atoms with Crippen molar-refractivity contribution < 1.29 is 0 Å². The molecule has 182 valence electrons. The second-order valence-electron chi connectivity index (χ2n) is 14.0. The van der Waals surface area contributed by atoms with Crippen LogP contribution in [-0.4, -0.2) is 4.08 Å². The van der Waals surface area contributed by atoms with E-state index in [1.54, 1.807) is 11.1 Å². The van der Waals surface area contributed by atoms with Crippen molar-refractivity contribution in [2.45, 2.75) is 132 Å². The fourth-order valence-electron chi connectivity index (χ4n) is 5.17. The minimum absolute atomic E-state index is 0.0298. The average Bonchev–Trinajstić information content (AvgIpc) is 3.13. The lowest BCUT2D eigenvalue weighted by Gasteiger charge is -2.31. The van der Waals surface area contributed by atoms with E-state index < -0.39 is 0 Å². The Morgan fingerprint density at radius 1 is 0.576 bits per heavy atom. The molecule has 1 aliphatic carbocycles. The van der Waals surface area contributed by atoms with Gasteiger partial charge in [-0.1, -0.05) is 76.2 Å². The molecule has 2 aromatic carbocycles.